The van der Waals surface area contributed by atoms with Gasteiger partial charge in [0.15, 0.2) is 0 Å². The molecule has 0 radical (unpaired) electrons. The number of rotatable bonds is 1. The number of hydrogen-bond donors (Lipinski definition) is 0. The van der Waals surface area contributed by atoms with Crippen LogP contribution in [0.1, 0.15) is 5.69 Å². The minimum atomic E-state index is 0.753. The molecule has 1 aromatic carbocycles. The molecule has 78 valence electrons. The van der Waals surface area contributed by atoms with Crippen LogP contribution < -0.4 is 4.90 Å². The van der Waals surface area contributed by atoms with Gasteiger partial charge in [-0.1, -0.05) is 17.7 Å². The van der Waals surface area contributed by atoms with E-state index in [1.165, 1.54) is 0 Å². The molecule has 15 heavy (non-hydrogen) atoms. The lowest BCUT2D eigenvalue weighted by atomic mass is 10.1. The first kappa shape index (κ1) is 10.2. The van der Waals surface area contributed by atoms with Crippen LogP contribution in [0.2, 0.25) is 5.02 Å². The molecule has 0 aliphatic rings. The average molecular weight is 221 g/mol. The number of aromatic nitrogens is 1. The molecule has 0 saturated carbocycles. The van der Waals surface area contributed by atoms with E-state index in [-0.39, 0.29) is 0 Å². The Bertz CT molecular complexity index is 506. The predicted octanol–water partition coefficient (Wildman–Crippen LogP) is 3.26. The van der Waals surface area contributed by atoms with Gasteiger partial charge in [-0.05, 0) is 25.1 Å². The number of aryl methyl sites for hydroxylation is 1. The lowest BCUT2D eigenvalue weighted by Crippen LogP contribution is -2.10. The van der Waals surface area contributed by atoms with Crippen LogP contribution in [-0.4, -0.2) is 19.1 Å². The van der Waals surface area contributed by atoms with Gasteiger partial charge in [-0.3, -0.25) is 4.98 Å². The fraction of sp³-hybridized carbons (Fsp3) is 0.250. The van der Waals surface area contributed by atoms with Crippen molar-refractivity contribution in [3.8, 4) is 0 Å². The van der Waals surface area contributed by atoms with E-state index in [1.54, 1.807) is 0 Å². The van der Waals surface area contributed by atoms with Crippen LogP contribution in [0, 0.1) is 6.92 Å². The summed E-state index contributed by atoms with van der Waals surface area (Å²) >= 11 is 6.19. The minimum Gasteiger partial charge on any atom is -0.377 e. The van der Waals surface area contributed by atoms with Gasteiger partial charge in [0.1, 0.15) is 0 Å². The van der Waals surface area contributed by atoms with E-state index in [0.29, 0.717) is 0 Å². The van der Waals surface area contributed by atoms with Crippen LogP contribution in [0.3, 0.4) is 0 Å². The smallest absolute Gasteiger partial charge is 0.0741 e. The second-order valence-corrected chi connectivity index (χ2v) is 4.22. The van der Waals surface area contributed by atoms with Gasteiger partial charge >= 0.3 is 0 Å². The van der Waals surface area contributed by atoms with E-state index in [2.05, 4.69) is 9.88 Å². The number of anilines is 1. The maximum absolute atomic E-state index is 6.19. The van der Waals surface area contributed by atoms with E-state index in [4.69, 9.17) is 11.6 Å². The zero-order valence-electron chi connectivity index (χ0n) is 9.08. The molecule has 1 aromatic heterocycles. The molecule has 2 rings (SSSR count). The van der Waals surface area contributed by atoms with E-state index >= 15 is 0 Å². The second kappa shape index (κ2) is 3.70. The predicted molar refractivity (Wildman–Crippen MR) is 65.8 cm³/mol. The lowest BCUT2D eigenvalue weighted by Gasteiger charge is -2.16. The van der Waals surface area contributed by atoms with Gasteiger partial charge < -0.3 is 4.90 Å². The molecule has 0 N–H and O–H groups in total. The third-order valence-corrected chi connectivity index (χ3v) is 2.69. The molecular formula is C12H13ClN2. The SMILES string of the molecule is Cc1cc(N(C)C)c2c(Cl)cccc2n1. The Labute approximate surface area is 94.5 Å². The summed E-state index contributed by atoms with van der Waals surface area (Å²) in [6, 6.07) is 7.86. The Kier molecular flexibility index (Phi) is 2.53. The van der Waals surface area contributed by atoms with Gasteiger partial charge in [0.2, 0.25) is 0 Å². The summed E-state index contributed by atoms with van der Waals surface area (Å²) in [6.45, 7) is 1.99. The molecule has 0 aliphatic heterocycles. The first-order valence-electron chi connectivity index (χ1n) is 4.83. The molecule has 0 saturated heterocycles. The Morgan fingerprint density at radius 1 is 1.27 bits per heavy atom. The van der Waals surface area contributed by atoms with E-state index in [0.717, 1.165) is 27.3 Å². The maximum atomic E-state index is 6.19. The largest absolute Gasteiger partial charge is 0.377 e. The molecule has 1 heterocycles. The van der Waals surface area contributed by atoms with Crippen molar-refractivity contribution in [3.63, 3.8) is 0 Å². The summed E-state index contributed by atoms with van der Waals surface area (Å²) in [5.74, 6) is 0. The number of benzene rings is 1. The number of nitrogens with zero attached hydrogens (tertiary/aromatic N) is 2. The second-order valence-electron chi connectivity index (χ2n) is 3.81. The molecular weight excluding hydrogens is 208 g/mol. The highest BCUT2D eigenvalue weighted by Gasteiger charge is 2.08. The molecule has 0 atom stereocenters. The fourth-order valence-electron chi connectivity index (χ4n) is 1.70. The van der Waals surface area contributed by atoms with Crippen molar-refractivity contribution in [1.29, 1.82) is 0 Å². The van der Waals surface area contributed by atoms with Crippen molar-refractivity contribution in [2.75, 3.05) is 19.0 Å². The first-order chi connectivity index (χ1) is 7.09. The van der Waals surface area contributed by atoms with Crippen LogP contribution >= 0.6 is 11.6 Å². The molecule has 2 aromatic rings. The molecule has 3 heteroatoms. The van der Waals surface area contributed by atoms with Gasteiger partial charge in [0.05, 0.1) is 10.5 Å². The Balaban J connectivity index is 2.88. The van der Waals surface area contributed by atoms with Gasteiger partial charge in [-0.2, -0.15) is 0 Å². The number of pyridine rings is 1. The molecule has 0 bridgehead atoms. The molecule has 2 nitrogen and oxygen atoms in total. The third-order valence-electron chi connectivity index (χ3n) is 2.37. The highest BCUT2D eigenvalue weighted by Crippen LogP contribution is 2.31. The fourth-order valence-corrected chi connectivity index (χ4v) is 1.97. The summed E-state index contributed by atoms with van der Waals surface area (Å²) in [5, 5.41) is 1.78. The van der Waals surface area contributed by atoms with Crippen molar-refractivity contribution >= 4 is 28.2 Å². The van der Waals surface area contributed by atoms with Crippen LogP contribution in [0.4, 0.5) is 5.69 Å². The summed E-state index contributed by atoms with van der Waals surface area (Å²) in [6.07, 6.45) is 0. The standard InChI is InChI=1S/C12H13ClN2/c1-8-7-11(15(2)3)12-9(13)5-4-6-10(12)14-8/h4-7H,1-3H3. The molecule has 0 aliphatic carbocycles. The van der Waals surface area contributed by atoms with Gasteiger partial charge in [0, 0.05) is 30.9 Å². The third kappa shape index (κ3) is 1.77. The van der Waals surface area contributed by atoms with Crippen molar-refractivity contribution in [2.45, 2.75) is 6.92 Å². The average Bonchev–Trinajstić information content (AvgIpc) is 2.16. The Hall–Kier alpha value is -1.28. The maximum Gasteiger partial charge on any atom is 0.0741 e. The topological polar surface area (TPSA) is 16.1 Å². The van der Waals surface area contributed by atoms with Crippen LogP contribution in [0.15, 0.2) is 24.3 Å². The molecule has 0 amide bonds. The lowest BCUT2D eigenvalue weighted by molar-refractivity contribution is 1.12. The van der Waals surface area contributed by atoms with Crippen LogP contribution in [0.25, 0.3) is 10.9 Å². The van der Waals surface area contributed by atoms with Crippen molar-refractivity contribution in [3.05, 3.63) is 35.0 Å². The number of hydrogen-bond acceptors (Lipinski definition) is 2. The first-order valence-corrected chi connectivity index (χ1v) is 5.20. The minimum absolute atomic E-state index is 0.753. The normalized spacial score (nSPS) is 10.7. The van der Waals surface area contributed by atoms with Crippen molar-refractivity contribution < 1.29 is 0 Å². The van der Waals surface area contributed by atoms with Crippen LogP contribution in [0.5, 0.6) is 0 Å². The van der Waals surface area contributed by atoms with Gasteiger partial charge in [-0.15, -0.1) is 0 Å². The zero-order valence-corrected chi connectivity index (χ0v) is 9.84. The van der Waals surface area contributed by atoms with Crippen molar-refractivity contribution in [1.82, 2.24) is 4.98 Å². The molecule has 0 unspecified atom stereocenters. The zero-order chi connectivity index (χ0) is 11.0. The Morgan fingerprint density at radius 2 is 2.00 bits per heavy atom. The van der Waals surface area contributed by atoms with E-state index in [9.17, 15) is 0 Å². The number of halogens is 1. The summed E-state index contributed by atoms with van der Waals surface area (Å²) in [5.41, 5.74) is 3.07. The summed E-state index contributed by atoms with van der Waals surface area (Å²) in [7, 11) is 4.02. The van der Waals surface area contributed by atoms with E-state index < -0.39 is 0 Å². The highest BCUT2D eigenvalue weighted by atomic mass is 35.5. The van der Waals surface area contributed by atoms with E-state index in [1.807, 2.05) is 45.3 Å². The quantitative estimate of drug-likeness (QED) is 0.734. The van der Waals surface area contributed by atoms with Gasteiger partial charge in [0.25, 0.3) is 0 Å². The monoisotopic (exact) mass is 220 g/mol. The van der Waals surface area contributed by atoms with Gasteiger partial charge in [-0.25, -0.2) is 0 Å². The van der Waals surface area contributed by atoms with Crippen LogP contribution in [-0.2, 0) is 0 Å². The van der Waals surface area contributed by atoms with Crippen molar-refractivity contribution in [2.24, 2.45) is 0 Å². The Morgan fingerprint density at radius 3 is 2.67 bits per heavy atom. The number of fused-ring (bicyclic) bond motifs is 1. The molecule has 0 spiro atoms. The summed E-state index contributed by atoms with van der Waals surface area (Å²) < 4.78 is 0. The molecule has 0 fully saturated rings. The summed E-state index contributed by atoms with van der Waals surface area (Å²) in [4.78, 5) is 6.53. The highest BCUT2D eigenvalue weighted by molar-refractivity contribution is 6.36.